The average Bonchev–Trinajstić information content (AvgIpc) is 2.48. The Balaban J connectivity index is 2.64. The topological polar surface area (TPSA) is 90.9 Å². The second kappa shape index (κ2) is 8.90. The van der Waals surface area contributed by atoms with Gasteiger partial charge in [-0.25, -0.2) is 9.59 Å². The van der Waals surface area contributed by atoms with Crippen molar-refractivity contribution in [1.82, 2.24) is 5.32 Å². The Morgan fingerprint density at radius 1 is 1.08 bits per heavy atom. The van der Waals surface area contributed by atoms with Crippen molar-refractivity contribution in [2.45, 2.75) is 45.9 Å². The van der Waals surface area contributed by atoms with E-state index in [1.807, 2.05) is 18.2 Å². The molecule has 7 heteroatoms. The molecule has 0 spiro atoms. The van der Waals surface area contributed by atoms with E-state index in [0.29, 0.717) is 0 Å². The van der Waals surface area contributed by atoms with E-state index in [1.54, 1.807) is 32.9 Å². The molecule has 1 aromatic carbocycles. The average molecular weight is 337 g/mol. The number of benzene rings is 1. The normalized spacial score (nSPS) is 12.0. The smallest absolute Gasteiger partial charge is 0.408 e. The zero-order valence-corrected chi connectivity index (χ0v) is 14.3. The minimum atomic E-state index is -1.15. The van der Waals surface area contributed by atoms with Gasteiger partial charge in [0.05, 0.1) is 0 Å². The molecular formula is C17H23NO6. The second-order valence-electron chi connectivity index (χ2n) is 6.09. The summed E-state index contributed by atoms with van der Waals surface area (Å²) in [6.07, 6.45) is -0.795. The molecule has 0 aliphatic heterocycles. The number of alkyl carbamates (subject to hydrolysis) is 1. The minimum Gasteiger partial charge on any atom is -0.463 e. The van der Waals surface area contributed by atoms with Crippen LogP contribution in [0.5, 0.6) is 0 Å². The first-order valence-corrected chi connectivity index (χ1v) is 7.51. The number of amides is 1. The third kappa shape index (κ3) is 8.17. The summed E-state index contributed by atoms with van der Waals surface area (Å²) >= 11 is 0. The highest BCUT2D eigenvalue weighted by Crippen LogP contribution is 2.08. The first-order chi connectivity index (χ1) is 11.2. The standard InChI is InChI=1S/C17H23NO6/c1-12(19)22-11-14(18-16(21)24-17(2,3)4)15(20)23-10-13-8-6-5-7-9-13/h5-9,14H,10-11H2,1-4H3,(H,18,21)/t14-/m0/s1. The highest BCUT2D eigenvalue weighted by Gasteiger charge is 2.26. The summed E-state index contributed by atoms with van der Waals surface area (Å²) in [5.74, 6) is -1.28. The maximum atomic E-state index is 12.1. The minimum absolute atomic E-state index is 0.0479. The summed E-state index contributed by atoms with van der Waals surface area (Å²) in [6.45, 7) is 6.01. The van der Waals surface area contributed by atoms with Crippen LogP contribution in [-0.2, 0) is 30.4 Å². The first kappa shape index (κ1) is 19.5. The van der Waals surface area contributed by atoms with Gasteiger partial charge in [0, 0.05) is 6.92 Å². The molecule has 0 aromatic heterocycles. The molecule has 0 fully saturated rings. The van der Waals surface area contributed by atoms with Crippen LogP contribution < -0.4 is 5.32 Å². The van der Waals surface area contributed by atoms with Crippen molar-refractivity contribution in [2.24, 2.45) is 0 Å². The lowest BCUT2D eigenvalue weighted by molar-refractivity contribution is -0.152. The predicted molar refractivity (Wildman–Crippen MR) is 86.0 cm³/mol. The molecule has 1 aromatic rings. The summed E-state index contributed by atoms with van der Waals surface area (Å²) in [5.41, 5.74) is 0.0821. The Morgan fingerprint density at radius 2 is 1.71 bits per heavy atom. The molecule has 0 saturated heterocycles. The number of esters is 2. The Bertz CT molecular complexity index is 564. The number of rotatable bonds is 6. The highest BCUT2D eigenvalue weighted by atomic mass is 16.6. The van der Waals surface area contributed by atoms with E-state index in [9.17, 15) is 14.4 Å². The maximum absolute atomic E-state index is 12.1. The molecule has 1 atom stereocenters. The molecule has 0 radical (unpaired) electrons. The summed E-state index contributed by atoms with van der Waals surface area (Å²) < 4.78 is 15.0. The van der Waals surface area contributed by atoms with Crippen LogP contribution in [0.1, 0.15) is 33.3 Å². The molecule has 1 N–H and O–H groups in total. The van der Waals surface area contributed by atoms with E-state index in [-0.39, 0.29) is 13.2 Å². The third-order valence-electron chi connectivity index (χ3n) is 2.65. The fraction of sp³-hybridized carbons (Fsp3) is 0.471. The van der Waals surface area contributed by atoms with Gasteiger partial charge in [-0.3, -0.25) is 4.79 Å². The van der Waals surface area contributed by atoms with Crippen LogP contribution in [0, 0.1) is 0 Å². The fourth-order valence-corrected chi connectivity index (χ4v) is 1.65. The van der Waals surface area contributed by atoms with Crippen molar-refractivity contribution < 1.29 is 28.6 Å². The second-order valence-corrected chi connectivity index (χ2v) is 6.09. The molecule has 24 heavy (non-hydrogen) atoms. The van der Waals surface area contributed by atoms with Crippen LogP contribution in [-0.4, -0.2) is 36.3 Å². The Hall–Kier alpha value is -2.57. The molecule has 7 nitrogen and oxygen atoms in total. The molecule has 1 rings (SSSR count). The van der Waals surface area contributed by atoms with Crippen LogP contribution in [0.4, 0.5) is 4.79 Å². The summed E-state index contributed by atoms with van der Waals surface area (Å²) in [6, 6.07) is 7.94. The van der Waals surface area contributed by atoms with Crippen molar-refractivity contribution in [3.8, 4) is 0 Å². The largest absolute Gasteiger partial charge is 0.463 e. The monoisotopic (exact) mass is 337 g/mol. The molecule has 0 heterocycles. The molecule has 132 valence electrons. The molecule has 1 amide bonds. The van der Waals surface area contributed by atoms with Gasteiger partial charge < -0.3 is 19.5 Å². The zero-order valence-electron chi connectivity index (χ0n) is 14.3. The molecular weight excluding hydrogens is 314 g/mol. The van der Waals surface area contributed by atoms with Gasteiger partial charge in [0.15, 0.2) is 6.04 Å². The van der Waals surface area contributed by atoms with Crippen molar-refractivity contribution in [3.63, 3.8) is 0 Å². The van der Waals surface area contributed by atoms with Gasteiger partial charge >= 0.3 is 18.0 Å². The Kier molecular flexibility index (Phi) is 7.23. The predicted octanol–water partition coefficient (Wildman–Crippen LogP) is 2.19. The highest BCUT2D eigenvalue weighted by molar-refractivity contribution is 5.82. The van der Waals surface area contributed by atoms with E-state index in [4.69, 9.17) is 14.2 Å². The van der Waals surface area contributed by atoms with Crippen LogP contribution >= 0.6 is 0 Å². The Labute approximate surface area is 141 Å². The summed E-state index contributed by atoms with van der Waals surface area (Å²) in [5, 5.41) is 2.35. The van der Waals surface area contributed by atoms with Gasteiger partial charge in [-0.05, 0) is 26.3 Å². The van der Waals surface area contributed by atoms with E-state index >= 15 is 0 Å². The van der Waals surface area contributed by atoms with E-state index < -0.39 is 29.7 Å². The van der Waals surface area contributed by atoms with E-state index in [2.05, 4.69) is 5.32 Å². The van der Waals surface area contributed by atoms with Crippen LogP contribution in [0.25, 0.3) is 0 Å². The first-order valence-electron chi connectivity index (χ1n) is 7.51. The Morgan fingerprint density at radius 3 is 2.25 bits per heavy atom. The van der Waals surface area contributed by atoms with Gasteiger partial charge in [0.2, 0.25) is 0 Å². The molecule has 0 unspecified atom stereocenters. The number of nitrogens with one attached hydrogen (secondary N) is 1. The number of hydrogen-bond acceptors (Lipinski definition) is 6. The number of ether oxygens (including phenoxy) is 3. The van der Waals surface area contributed by atoms with Crippen LogP contribution in [0.3, 0.4) is 0 Å². The molecule has 0 aliphatic rings. The van der Waals surface area contributed by atoms with Gasteiger partial charge in [0.25, 0.3) is 0 Å². The maximum Gasteiger partial charge on any atom is 0.408 e. The van der Waals surface area contributed by atoms with Crippen molar-refractivity contribution in [3.05, 3.63) is 35.9 Å². The lowest BCUT2D eigenvalue weighted by Gasteiger charge is -2.22. The van der Waals surface area contributed by atoms with Crippen LogP contribution in [0.15, 0.2) is 30.3 Å². The van der Waals surface area contributed by atoms with E-state index in [1.165, 1.54) is 6.92 Å². The zero-order chi connectivity index (χ0) is 18.2. The lowest BCUT2D eigenvalue weighted by Crippen LogP contribution is -2.47. The van der Waals surface area contributed by atoms with Gasteiger partial charge in [0.1, 0.15) is 18.8 Å². The summed E-state index contributed by atoms with van der Waals surface area (Å²) in [4.78, 5) is 34.9. The van der Waals surface area contributed by atoms with Crippen molar-refractivity contribution in [2.75, 3.05) is 6.61 Å². The van der Waals surface area contributed by atoms with Gasteiger partial charge in [-0.15, -0.1) is 0 Å². The number of hydrogen-bond donors (Lipinski definition) is 1. The SMILES string of the molecule is CC(=O)OC[C@H](NC(=O)OC(C)(C)C)C(=O)OCc1ccccc1. The number of carbonyl (C=O) groups excluding carboxylic acids is 3. The van der Waals surface area contributed by atoms with Crippen molar-refractivity contribution >= 4 is 18.0 Å². The number of carbonyl (C=O) groups is 3. The fourth-order valence-electron chi connectivity index (χ4n) is 1.65. The quantitative estimate of drug-likeness (QED) is 0.632. The lowest BCUT2D eigenvalue weighted by atomic mass is 10.2. The molecule has 0 bridgehead atoms. The van der Waals surface area contributed by atoms with E-state index in [0.717, 1.165) is 5.56 Å². The van der Waals surface area contributed by atoms with Crippen molar-refractivity contribution in [1.29, 1.82) is 0 Å². The van der Waals surface area contributed by atoms with Crippen LogP contribution in [0.2, 0.25) is 0 Å². The molecule has 0 saturated carbocycles. The summed E-state index contributed by atoms with van der Waals surface area (Å²) in [7, 11) is 0. The van der Waals surface area contributed by atoms with Gasteiger partial charge in [-0.2, -0.15) is 0 Å². The van der Waals surface area contributed by atoms with Gasteiger partial charge in [-0.1, -0.05) is 30.3 Å². The third-order valence-corrected chi connectivity index (χ3v) is 2.65. The molecule has 0 aliphatic carbocycles.